The van der Waals surface area contributed by atoms with Crippen molar-refractivity contribution >= 4 is 22.6 Å². The Hall–Kier alpha value is -1.06. The predicted octanol–water partition coefficient (Wildman–Crippen LogP) is 3.24. The minimum atomic E-state index is -0.355. The van der Waals surface area contributed by atoms with Crippen molar-refractivity contribution < 1.29 is 0 Å². The number of fused-ring (bicyclic) bond motifs is 1. The summed E-state index contributed by atoms with van der Waals surface area (Å²) < 4.78 is 2.10. The monoisotopic (exact) mass is 265 g/mol. The van der Waals surface area contributed by atoms with Crippen LogP contribution in [0.4, 0.5) is 0 Å². The Kier molecular flexibility index (Phi) is 2.95. The maximum Gasteiger partial charge on any atom is 0.117 e. The van der Waals surface area contributed by atoms with E-state index in [2.05, 4.69) is 18.4 Å². The van der Waals surface area contributed by atoms with Crippen LogP contribution in [0.25, 0.3) is 11.0 Å². The first-order valence-electron chi connectivity index (χ1n) is 6.06. The largest absolute Gasteiger partial charge is 0.331 e. The van der Waals surface area contributed by atoms with Crippen molar-refractivity contribution in [1.82, 2.24) is 9.55 Å². The Morgan fingerprint density at radius 1 is 1.22 bits per heavy atom. The summed E-state index contributed by atoms with van der Waals surface area (Å²) >= 11 is 6.01. The van der Waals surface area contributed by atoms with E-state index in [1.54, 1.807) is 0 Å². The van der Waals surface area contributed by atoms with Crippen molar-refractivity contribution in [2.45, 2.75) is 38.6 Å². The molecule has 0 aliphatic carbocycles. The van der Waals surface area contributed by atoms with E-state index in [-0.39, 0.29) is 11.0 Å². The molecule has 0 radical (unpaired) electrons. The number of imidazole rings is 1. The van der Waals surface area contributed by atoms with E-state index >= 15 is 0 Å². The standard InChI is InChI=1S/C14H20ClN3/c1-13(2,14(3,4)16)12-17-10-8-9(15)6-7-11(10)18(12)5/h6-8H,16H2,1-5H3. The lowest BCUT2D eigenvalue weighted by atomic mass is 9.74. The molecule has 2 N–H and O–H groups in total. The second-order valence-electron chi connectivity index (χ2n) is 5.97. The summed E-state index contributed by atoms with van der Waals surface area (Å²) in [7, 11) is 2.02. The minimum absolute atomic E-state index is 0.229. The third-order valence-electron chi connectivity index (χ3n) is 4.01. The van der Waals surface area contributed by atoms with Crippen molar-refractivity contribution in [2.24, 2.45) is 12.8 Å². The SMILES string of the molecule is Cn1c(C(C)(C)C(C)(C)N)nc2cc(Cl)ccc21. The van der Waals surface area contributed by atoms with Gasteiger partial charge in [0.05, 0.1) is 11.0 Å². The number of rotatable bonds is 2. The molecule has 0 aliphatic rings. The molecule has 18 heavy (non-hydrogen) atoms. The predicted molar refractivity (Wildman–Crippen MR) is 77.0 cm³/mol. The van der Waals surface area contributed by atoms with Gasteiger partial charge in [-0.1, -0.05) is 25.4 Å². The van der Waals surface area contributed by atoms with Gasteiger partial charge in [-0.2, -0.15) is 0 Å². The molecule has 0 aliphatic heterocycles. The van der Waals surface area contributed by atoms with Crippen LogP contribution < -0.4 is 5.73 Å². The van der Waals surface area contributed by atoms with Gasteiger partial charge in [0, 0.05) is 23.0 Å². The van der Waals surface area contributed by atoms with Crippen LogP contribution >= 0.6 is 11.6 Å². The van der Waals surface area contributed by atoms with Crippen molar-refractivity contribution in [1.29, 1.82) is 0 Å². The third-order valence-corrected chi connectivity index (χ3v) is 4.25. The first-order valence-corrected chi connectivity index (χ1v) is 6.44. The van der Waals surface area contributed by atoms with Gasteiger partial charge in [0.1, 0.15) is 5.82 Å². The lowest BCUT2D eigenvalue weighted by molar-refractivity contribution is 0.286. The average Bonchev–Trinajstić information content (AvgIpc) is 2.54. The summed E-state index contributed by atoms with van der Waals surface area (Å²) in [6, 6.07) is 5.77. The molecule has 0 saturated heterocycles. The Morgan fingerprint density at radius 2 is 1.83 bits per heavy atom. The lowest BCUT2D eigenvalue weighted by Gasteiger charge is -2.37. The molecular weight excluding hydrogens is 246 g/mol. The van der Waals surface area contributed by atoms with Gasteiger partial charge in [-0.25, -0.2) is 4.98 Å². The number of benzene rings is 1. The Labute approximate surface area is 113 Å². The maximum absolute atomic E-state index is 6.29. The zero-order chi connectivity index (χ0) is 13.7. The van der Waals surface area contributed by atoms with Crippen LogP contribution in [0.5, 0.6) is 0 Å². The zero-order valence-corrected chi connectivity index (χ0v) is 12.3. The number of aromatic nitrogens is 2. The summed E-state index contributed by atoms with van der Waals surface area (Å²) in [6.45, 7) is 8.30. The highest BCUT2D eigenvalue weighted by atomic mass is 35.5. The van der Waals surface area contributed by atoms with Crippen molar-refractivity contribution in [2.75, 3.05) is 0 Å². The summed E-state index contributed by atoms with van der Waals surface area (Å²) in [5.74, 6) is 0.979. The molecule has 2 aromatic rings. The van der Waals surface area contributed by atoms with Crippen molar-refractivity contribution in [3.63, 3.8) is 0 Å². The number of halogens is 1. The normalized spacial score (nSPS) is 13.3. The first kappa shape index (κ1) is 13.4. The van der Waals surface area contributed by atoms with Crippen LogP contribution in [0.2, 0.25) is 5.02 Å². The van der Waals surface area contributed by atoms with E-state index in [1.807, 2.05) is 39.1 Å². The summed E-state index contributed by atoms with van der Waals surface area (Å²) in [5.41, 5.74) is 7.69. The fourth-order valence-electron chi connectivity index (χ4n) is 2.02. The highest BCUT2D eigenvalue weighted by Crippen LogP contribution is 2.34. The summed E-state index contributed by atoms with van der Waals surface area (Å²) in [6.07, 6.45) is 0. The second-order valence-corrected chi connectivity index (χ2v) is 6.41. The van der Waals surface area contributed by atoms with Gasteiger partial charge in [-0.3, -0.25) is 0 Å². The van der Waals surface area contributed by atoms with E-state index in [9.17, 15) is 0 Å². The fourth-order valence-corrected chi connectivity index (χ4v) is 2.19. The fraction of sp³-hybridized carbons (Fsp3) is 0.500. The molecular formula is C14H20ClN3. The number of aryl methyl sites for hydroxylation is 1. The van der Waals surface area contributed by atoms with Crippen LogP contribution in [0.3, 0.4) is 0 Å². The lowest BCUT2D eigenvalue weighted by Crippen LogP contribution is -2.51. The van der Waals surface area contributed by atoms with Crippen LogP contribution in [0, 0.1) is 0 Å². The molecule has 1 heterocycles. The van der Waals surface area contributed by atoms with E-state index in [0.29, 0.717) is 5.02 Å². The number of hydrogen-bond acceptors (Lipinski definition) is 2. The van der Waals surface area contributed by atoms with Crippen LogP contribution in [-0.4, -0.2) is 15.1 Å². The van der Waals surface area contributed by atoms with E-state index in [0.717, 1.165) is 16.9 Å². The molecule has 0 fully saturated rings. The molecule has 0 saturated carbocycles. The van der Waals surface area contributed by atoms with E-state index < -0.39 is 0 Å². The van der Waals surface area contributed by atoms with Gasteiger partial charge in [-0.15, -0.1) is 0 Å². The van der Waals surface area contributed by atoms with Crippen molar-refractivity contribution in [3.8, 4) is 0 Å². The molecule has 4 heteroatoms. The smallest absolute Gasteiger partial charge is 0.117 e. The number of nitrogens with zero attached hydrogens (tertiary/aromatic N) is 2. The topological polar surface area (TPSA) is 43.8 Å². The highest BCUT2D eigenvalue weighted by Gasteiger charge is 2.38. The van der Waals surface area contributed by atoms with Gasteiger partial charge in [0.15, 0.2) is 0 Å². The molecule has 0 spiro atoms. The molecule has 98 valence electrons. The van der Waals surface area contributed by atoms with E-state index in [1.165, 1.54) is 0 Å². The van der Waals surface area contributed by atoms with E-state index in [4.69, 9.17) is 22.3 Å². The molecule has 1 aromatic heterocycles. The molecule has 0 atom stereocenters. The number of nitrogens with two attached hydrogens (primary N) is 1. The second kappa shape index (κ2) is 3.97. The maximum atomic E-state index is 6.29. The van der Waals surface area contributed by atoms with Gasteiger partial charge < -0.3 is 10.3 Å². The van der Waals surface area contributed by atoms with Crippen LogP contribution in [0.15, 0.2) is 18.2 Å². The quantitative estimate of drug-likeness (QED) is 0.906. The van der Waals surface area contributed by atoms with Gasteiger partial charge in [0.2, 0.25) is 0 Å². The highest BCUT2D eigenvalue weighted by molar-refractivity contribution is 6.31. The van der Waals surface area contributed by atoms with Gasteiger partial charge >= 0.3 is 0 Å². The van der Waals surface area contributed by atoms with Crippen molar-refractivity contribution in [3.05, 3.63) is 29.0 Å². The molecule has 3 nitrogen and oxygen atoms in total. The van der Waals surface area contributed by atoms with Crippen LogP contribution in [0.1, 0.15) is 33.5 Å². The average molecular weight is 266 g/mol. The van der Waals surface area contributed by atoms with Gasteiger partial charge in [0.25, 0.3) is 0 Å². The van der Waals surface area contributed by atoms with Crippen LogP contribution in [-0.2, 0) is 12.5 Å². The molecule has 0 bridgehead atoms. The molecule has 0 unspecified atom stereocenters. The molecule has 1 aromatic carbocycles. The minimum Gasteiger partial charge on any atom is -0.331 e. The molecule has 2 rings (SSSR count). The number of hydrogen-bond donors (Lipinski definition) is 1. The summed E-state index contributed by atoms with van der Waals surface area (Å²) in [4.78, 5) is 4.71. The Balaban J connectivity index is 2.70. The Bertz CT molecular complexity index is 591. The zero-order valence-electron chi connectivity index (χ0n) is 11.6. The van der Waals surface area contributed by atoms with Gasteiger partial charge in [-0.05, 0) is 32.0 Å². The molecule has 0 amide bonds. The third kappa shape index (κ3) is 1.91. The summed E-state index contributed by atoms with van der Waals surface area (Å²) in [5, 5.41) is 0.706. The first-order chi connectivity index (χ1) is 8.14. The Morgan fingerprint density at radius 3 is 2.39 bits per heavy atom.